The zero-order valence-corrected chi connectivity index (χ0v) is 10.2. The SMILES string of the molecule is CCNCCNC(=O)c1cc(F)ccc1F.Cl. The number of amides is 1. The number of likely N-dealkylation sites (N-methyl/N-ethyl adjacent to an activating group) is 1. The molecule has 0 aromatic heterocycles. The van der Waals surface area contributed by atoms with Crippen LogP contribution in [0.25, 0.3) is 0 Å². The van der Waals surface area contributed by atoms with E-state index in [1.807, 2.05) is 6.92 Å². The second-order valence-corrected chi connectivity index (χ2v) is 3.23. The van der Waals surface area contributed by atoms with Crippen LogP contribution in [0.1, 0.15) is 17.3 Å². The first-order chi connectivity index (χ1) is 7.65. The van der Waals surface area contributed by atoms with Crippen LogP contribution in [-0.4, -0.2) is 25.5 Å². The molecule has 1 aromatic carbocycles. The van der Waals surface area contributed by atoms with E-state index in [1.54, 1.807) is 0 Å². The summed E-state index contributed by atoms with van der Waals surface area (Å²) < 4.78 is 25.9. The molecule has 96 valence electrons. The highest BCUT2D eigenvalue weighted by Gasteiger charge is 2.11. The van der Waals surface area contributed by atoms with E-state index in [4.69, 9.17) is 0 Å². The molecule has 17 heavy (non-hydrogen) atoms. The molecule has 6 heteroatoms. The minimum Gasteiger partial charge on any atom is -0.351 e. The van der Waals surface area contributed by atoms with Gasteiger partial charge in [0.05, 0.1) is 5.56 Å². The third-order valence-corrected chi connectivity index (χ3v) is 2.01. The van der Waals surface area contributed by atoms with Gasteiger partial charge in [0.2, 0.25) is 0 Å². The van der Waals surface area contributed by atoms with Gasteiger partial charge in [0.25, 0.3) is 5.91 Å². The van der Waals surface area contributed by atoms with E-state index in [9.17, 15) is 13.6 Å². The average Bonchev–Trinajstić information content (AvgIpc) is 2.27. The highest BCUT2D eigenvalue weighted by Crippen LogP contribution is 2.09. The lowest BCUT2D eigenvalue weighted by Gasteiger charge is -2.06. The molecule has 1 aromatic rings. The summed E-state index contributed by atoms with van der Waals surface area (Å²) in [5.41, 5.74) is -0.267. The van der Waals surface area contributed by atoms with E-state index in [2.05, 4.69) is 10.6 Å². The molecule has 0 aliphatic carbocycles. The summed E-state index contributed by atoms with van der Waals surface area (Å²) in [5, 5.41) is 5.49. The predicted molar refractivity (Wildman–Crippen MR) is 64.5 cm³/mol. The Kier molecular flexibility index (Phi) is 7.41. The first kappa shape index (κ1) is 15.8. The molecular weight excluding hydrogens is 250 g/mol. The molecule has 0 radical (unpaired) electrons. The summed E-state index contributed by atoms with van der Waals surface area (Å²) in [6.07, 6.45) is 0. The van der Waals surface area contributed by atoms with Gasteiger partial charge in [-0.3, -0.25) is 4.79 Å². The van der Waals surface area contributed by atoms with Gasteiger partial charge in [-0.15, -0.1) is 12.4 Å². The number of carbonyl (C=O) groups excluding carboxylic acids is 1. The van der Waals surface area contributed by atoms with E-state index < -0.39 is 17.5 Å². The van der Waals surface area contributed by atoms with E-state index in [-0.39, 0.29) is 18.0 Å². The fraction of sp³-hybridized carbons (Fsp3) is 0.364. The molecule has 0 unspecified atom stereocenters. The minimum absolute atomic E-state index is 0. The molecule has 0 saturated heterocycles. The minimum atomic E-state index is -0.720. The molecule has 0 atom stereocenters. The summed E-state index contributed by atoms with van der Waals surface area (Å²) in [5.74, 6) is -1.95. The number of nitrogens with one attached hydrogen (secondary N) is 2. The van der Waals surface area contributed by atoms with Crippen LogP contribution in [0.4, 0.5) is 8.78 Å². The topological polar surface area (TPSA) is 41.1 Å². The molecule has 2 N–H and O–H groups in total. The van der Waals surface area contributed by atoms with Crippen LogP contribution in [-0.2, 0) is 0 Å². The molecule has 1 amide bonds. The molecule has 3 nitrogen and oxygen atoms in total. The van der Waals surface area contributed by atoms with E-state index in [0.29, 0.717) is 13.1 Å². The van der Waals surface area contributed by atoms with Crippen molar-refractivity contribution >= 4 is 18.3 Å². The van der Waals surface area contributed by atoms with Crippen molar-refractivity contribution in [1.29, 1.82) is 0 Å². The lowest BCUT2D eigenvalue weighted by atomic mass is 10.2. The number of hydrogen-bond donors (Lipinski definition) is 2. The zero-order chi connectivity index (χ0) is 12.0. The van der Waals surface area contributed by atoms with Crippen LogP contribution in [0.3, 0.4) is 0 Å². The highest BCUT2D eigenvalue weighted by atomic mass is 35.5. The fourth-order valence-corrected chi connectivity index (χ4v) is 1.21. The average molecular weight is 265 g/mol. The van der Waals surface area contributed by atoms with Gasteiger partial charge < -0.3 is 10.6 Å². The summed E-state index contributed by atoms with van der Waals surface area (Å²) in [7, 11) is 0. The third kappa shape index (κ3) is 5.10. The molecule has 0 aliphatic heterocycles. The summed E-state index contributed by atoms with van der Waals surface area (Å²) >= 11 is 0. The Morgan fingerprint density at radius 3 is 2.65 bits per heavy atom. The second-order valence-electron chi connectivity index (χ2n) is 3.23. The van der Waals surface area contributed by atoms with Crippen LogP contribution in [0.2, 0.25) is 0 Å². The first-order valence-corrected chi connectivity index (χ1v) is 5.09. The molecular formula is C11H15ClF2N2O. The highest BCUT2D eigenvalue weighted by molar-refractivity contribution is 5.94. The van der Waals surface area contributed by atoms with Gasteiger partial charge in [-0.2, -0.15) is 0 Å². The van der Waals surface area contributed by atoms with Gasteiger partial charge in [0.15, 0.2) is 0 Å². The maximum Gasteiger partial charge on any atom is 0.254 e. The second kappa shape index (κ2) is 7.97. The van der Waals surface area contributed by atoms with Crippen LogP contribution in [0.5, 0.6) is 0 Å². The van der Waals surface area contributed by atoms with Crippen molar-refractivity contribution in [3.8, 4) is 0 Å². The molecule has 1 rings (SSSR count). The Hall–Kier alpha value is -1.20. The molecule has 0 fully saturated rings. The van der Waals surface area contributed by atoms with Crippen LogP contribution in [0.15, 0.2) is 18.2 Å². The van der Waals surface area contributed by atoms with Crippen LogP contribution in [0, 0.1) is 11.6 Å². The number of rotatable bonds is 5. The first-order valence-electron chi connectivity index (χ1n) is 5.09. The quantitative estimate of drug-likeness (QED) is 0.796. The van der Waals surface area contributed by atoms with Crippen molar-refractivity contribution in [3.63, 3.8) is 0 Å². The maximum absolute atomic E-state index is 13.2. The van der Waals surface area contributed by atoms with Crippen LogP contribution < -0.4 is 10.6 Å². The van der Waals surface area contributed by atoms with Crippen molar-refractivity contribution in [2.45, 2.75) is 6.92 Å². The molecule has 0 heterocycles. The summed E-state index contributed by atoms with van der Waals surface area (Å²) in [6.45, 7) is 3.71. The van der Waals surface area contributed by atoms with Crippen molar-refractivity contribution < 1.29 is 13.6 Å². The molecule has 0 aliphatic rings. The van der Waals surface area contributed by atoms with Gasteiger partial charge >= 0.3 is 0 Å². The van der Waals surface area contributed by atoms with Crippen molar-refractivity contribution in [2.24, 2.45) is 0 Å². The molecule has 0 bridgehead atoms. The predicted octanol–water partition coefficient (Wildman–Crippen LogP) is 1.73. The molecule has 0 saturated carbocycles. The Labute approximate surface area is 105 Å². The Balaban J connectivity index is 0.00000256. The van der Waals surface area contributed by atoms with E-state index in [0.717, 1.165) is 24.7 Å². The van der Waals surface area contributed by atoms with Gasteiger partial charge in [-0.05, 0) is 24.7 Å². The van der Waals surface area contributed by atoms with Crippen molar-refractivity contribution in [1.82, 2.24) is 10.6 Å². The van der Waals surface area contributed by atoms with Crippen molar-refractivity contribution in [2.75, 3.05) is 19.6 Å². The lowest BCUT2D eigenvalue weighted by molar-refractivity contribution is 0.0949. The maximum atomic E-state index is 13.2. The number of benzene rings is 1. The fourth-order valence-electron chi connectivity index (χ4n) is 1.21. The van der Waals surface area contributed by atoms with Gasteiger partial charge in [0, 0.05) is 13.1 Å². The number of halogens is 3. The Morgan fingerprint density at radius 2 is 2.00 bits per heavy atom. The molecule has 0 spiro atoms. The summed E-state index contributed by atoms with van der Waals surface area (Å²) in [4.78, 5) is 11.4. The largest absolute Gasteiger partial charge is 0.351 e. The van der Waals surface area contributed by atoms with Gasteiger partial charge in [-0.1, -0.05) is 6.92 Å². The third-order valence-electron chi connectivity index (χ3n) is 2.01. The summed E-state index contributed by atoms with van der Waals surface area (Å²) in [6, 6.07) is 2.80. The zero-order valence-electron chi connectivity index (χ0n) is 9.43. The van der Waals surface area contributed by atoms with Gasteiger partial charge in [0.1, 0.15) is 11.6 Å². The van der Waals surface area contributed by atoms with Crippen molar-refractivity contribution in [3.05, 3.63) is 35.4 Å². The standard InChI is InChI=1S/C11H14F2N2O.ClH/c1-2-14-5-6-15-11(16)9-7-8(12)3-4-10(9)13;/h3-4,7,14H,2,5-6H2,1H3,(H,15,16);1H. The van der Waals surface area contributed by atoms with Gasteiger partial charge in [-0.25, -0.2) is 8.78 Å². The van der Waals surface area contributed by atoms with E-state index in [1.165, 1.54) is 0 Å². The van der Waals surface area contributed by atoms with Crippen LogP contribution >= 0.6 is 12.4 Å². The monoisotopic (exact) mass is 264 g/mol. The van der Waals surface area contributed by atoms with E-state index >= 15 is 0 Å². The Bertz CT molecular complexity index is 374. The number of hydrogen-bond acceptors (Lipinski definition) is 2. The lowest BCUT2D eigenvalue weighted by Crippen LogP contribution is -2.32. The smallest absolute Gasteiger partial charge is 0.254 e. The Morgan fingerprint density at radius 1 is 1.29 bits per heavy atom. The number of carbonyl (C=O) groups is 1. The normalized spacial score (nSPS) is 9.59.